The summed E-state index contributed by atoms with van der Waals surface area (Å²) in [4.78, 5) is 13.3. The van der Waals surface area contributed by atoms with E-state index in [1.807, 2.05) is 57.2 Å². The molecule has 3 aromatic rings. The summed E-state index contributed by atoms with van der Waals surface area (Å²) in [7, 11) is 1.63. The number of carbonyl (C=O) groups is 1. The number of aromatic nitrogens is 3. The van der Waals surface area contributed by atoms with Crippen molar-refractivity contribution in [3.05, 3.63) is 42.0 Å². The first-order valence-electron chi connectivity index (χ1n) is 8.51. The van der Waals surface area contributed by atoms with Gasteiger partial charge in [-0.25, -0.2) is 0 Å². The van der Waals surface area contributed by atoms with Crippen molar-refractivity contribution in [3.8, 4) is 11.4 Å². The fourth-order valence-corrected chi connectivity index (χ4v) is 2.65. The lowest BCUT2D eigenvalue weighted by Gasteiger charge is -2.12. The molecule has 8 heteroatoms. The summed E-state index contributed by atoms with van der Waals surface area (Å²) in [5, 5.41) is 15.1. The molecule has 0 aliphatic carbocycles. The van der Waals surface area contributed by atoms with Gasteiger partial charge in [0.25, 0.3) is 0 Å². The fraction of sp³-hybridized carbons (Fsp3) is 0.263. The minimum atomic E-state index is -0.141. The number of nitrogens with one attached hydrogen (secondary N) is 2. The maximum Gasteiger partial charge on any atom is 0.228 e. The molecular weight excluding hydrogens is 362 g/mol. The zero-order valence-corrected chi connectivity index (χ0v) is 16.4. The van der Waals surface area contributed by atoms with Crippen LogP contribution in [0, 0.1) is 12.8 Å². The zero-order valence-electron chi connectivity index (χ0n) is 15.6. The predicted octanol–water partition coefficient (Wildman–Crippen LogP) is 3.21. The molecule has 0 atom stereocenters. The predicted molar refractivity (Wildman–Crippen MR) is 109 cm³/mol. The van der Waals surface area contributed by atoms with Crippen LogP contribution in [0.3, 0.4) is 0 Å². The third-order valence-corrected chi connectivity index (χ3v) is 4.24. The highest BCUT2D eigenvalue weighted by Crippen LogP contribution is 2.22. The van der Waals surface area contributed by atoms with Gasteiger partial charge >= 0.3 is 0 Å². The van der Waals surface area contributed by atoms with Crippen molar-refractivity contribution in [1.82, 2.24) is 20.3 Å². The van der Waals surface area contributed by atoms with Crippen LogP contribution >= 0.6 is 12.2 Å². The monoisotopic (exact) mass is 383 g/mol. The number of hydrogen-bond acceptors (Lipinski definition) is 5. The molecule has 0 fully saturated rings. The molecular formula is C19H21N5O2S. The molecule has 0 saturated carbocycles. The minimum absolute atomic E-state index is 0.128. The number of hydrogen-bond donors (Lipinski definition) is 2. The molecule has 140 valence electrons. The van der Waals surface area contributed by atoms with E-state index in [9.17, 15) is 4.79 Å². The molecule has 0 radical (unpaired) electrons. The Morgan fingerprint density at radius 3 is 2.37 bits per heavy atom. The van der Waals surface area contributed by atoms with Gasteiger partial charge in [-0.1, -0.05) is 13.8 Å². The highest BCUT2D eigenvalue weighted by molar-refractivity contribution is 7.80. The second-order valence-electron chi connectivity index (χ2n) is 6.44. The number of rotatable bonds is 4. The van der Waals surface area contributed by atoms with Crippen LogP contribution in [-0.4, -0.2) is 33.1 Å². The average molecular weight is 383 g/mol. The van der Waals surface area contributed by atoms with Gasteiger partial charge in [-0.05, 0) is 61.1 Å². The first-order chi connectivity index (χ1) is 12.9. The molecule has 0 saturated heterocycles. The molecule has 7 nitrogen and oxygen atoms in total. The Labute approximate surface area is 162 Å². The molecule has 0 bridgehead atoms. The SMILES string of the molecule is COc1ccc(-n2nc3cc(C)c(NC(=S)NC(=O)C(C)C)cc3n2)cc1. The van der Waals surface area contributed by atoms with E-state index in [1.54, 1.807) is 11.9 Å². The maximum atomic E-state index is 11.8. The summed E-state index contributed by atoms with van der Waals surface area (Å²) in [6.07, 6.45) is 0. The first-order valence-corrected chi connectivity index (χ1v) is 8.92. The van der Waals surface area contributed by atoms with Gasteiger partial charge in [-0.3, -0.25) is 4.79 Å². The van der Waals surface area contributed by atoms with Crippen LogP contribution in [0.2, 0.25) is 0 Å². The van der Waals surface area contributed by atoms with E-state index in [-0.39, 0.29) is 16.9 Å². The Morgan fingerprint density at radius 2 is 1.78 bits per heavy atom. The molecule has 27 heavy (non-hydrogen) atoms. The van der Waals surface area contributed by atoms with E-state index in [0.29, 0.717) is 0 Å². The van der Waals surface area contributed by atoms with Crippen molar-refractivity contribution in [3.63, 3.8) is 0 Å². The molecule has 0 spiro atoms. The Morgan fingerprint density at radius 1 is 1.15 bits per heavy atom. The van der Waals surface area contributed by atoms with E-state index in [0.717, 1.165) is 33.7 Å². The quantitative estimate of drug-likeness (QED) is 0.674. The highest BCUT2D eigenvalue weighted by Gasteiger charge is 2.12. The number of amides is 1. The molecule has 1 aromatic heterocycles. The lowest BCUT2D eigenvalue weighted by atomic mass is 10.2. The third kappa shape index (κ3) is 4.22. The van der Waals surface area contributed by atoms with Crippen LogP contribution in [0.4, 0.5) is 5.69 Å². The van der Waals surface area contributed by atoms with Crippen molar-refractivity contribution in [1.29, 1.82) is 0 Å². The van der Waals surface area contributed by atoms with Gasteiger partial charge in [-0.15, -0.1) is 10.2 Å². The maximum absolute atomic E-state index is 11.8. The van der Waals surface area contributed by atoms with Gasteiger partial charge in [0.15, 0.2) is 5.11 Å². The van der Waals surface area contributed by atoms with E-state index < -0.39 is 0 Å². The lowest BCUT2D eigenvalue weighted by molar-refractivity contribution is -0.122. The Bertz CT molecular complexity index is 995. The summed E-state index contributed by atoms with van der Waals surface area (Å²) >= 11 is 5.22. The van der Waals surface area contributed by atoms with Gasteiger partial charge in [0.05, 0.1) is 12.8 Å². The van der Waals surface area contributed by atoms with Crippen LogP contribution in [-0.2, 0) is 4.79 Å². The van der Waals surface area contributed by atoms with Crippen molar-refractivity contribution in [2.24, 2.45) is 5.92 Å². The van der Waals surface area contributed by atoms with Crippen molar-refractivity contribution in [2.45, 2.75) is 20.8 Å². The number of thiocarbonyl (C=S) groups is 1. The fourth-order valence-electron chi connectivity index (χ4n) is 2.44. The molecule has 3 rings (SSSR count). The summed E-state index contributed by atoms with van der Waals surface area (Å²) in [5.41, 5.74) is 4.05. The van der Waals surface area contributed by atoms with Crippen LogP contribution in [0.1, 0.15) is 19.4 Å². The smallest absolute Gasteiger partial charge is 0.228 e. The van der Waals surface area contributed by atoms with Crippen LogP contribution in [0.5, 0.6) is 5.75 Å². The second-order valence-corrected chi connectivity index (χ2v) is 6.85. The number of nitrogens with zero attached hydrogens (tertiary/aromatic N) is 3. The third-order valence-electron chi connectivity index (χ3n) is 4.04. The zero-order chi connectivity index (χ0) is 19.6. The number of benzene rings is 2. The minimum Gasteiger partial charge on any atom is -0.497 e. The molecule has 2 aromatic carbocycles. The molecule has 0 aliphatic heterocycles. The number of fused-ring (bicyclic) bond motifs is 1. The molecule has 1 heterocycles. The van der Waals surface area contributed by atoms with Crippen molar-refractivity contribution in [2.75, 3.05) is 12.4 Å². The number of ether oxygens (including phenoxy) is 1. The number of anilines is 1. The van der Waals surface area contributed by atoms with Gasteiger partial charge in [0, 0.05) is 11.6 Å². The number of carbonyl (C=O) groups excluding carboxylic acids is 1. The molecule has 2 N–H and O–H groups in total. The molecule has 0 unspecified atom stereocenters. The van der Waals surface area contributed by atoms with Gasteiger partial charge in [0.1, 0.15) is 16.8 Å². The molecule has 1 amide bonds. The number of aryl methyl sites for hydroxylation is 1. The molecule has 0 aliphatic rings. The van der Waals surface area contributed by atoms with Crippen LogP contribution < -0.4 is 15.4 Å². The van der Waals surface area contributed by atoms with E-state index >= 15 is 0 Å². The highest BCUT2D eigenvalue weighted by atomic mass is 32.1. The summed E-state index contributed by atoms with van der Waals surface area (Å²) in [6, 6.07) is 11.3. The first kappa shape index (κ1) is 18.8. The van der Waals surface area contributed by atoms with Crippen molar-refractivity contribution < 1.29 is 9.53 Å². The average Bonchev–Trinajstić information content (AvgIpc) is 3.04. The van der Waals surface area contributed by atoms with E-state index in [1.165, 1.54) is 0 Å². The van der Waals surface area contributed by atoms with Gasteiger partial charge < -0.3 is 15.4 Å². The topological polar surface area (TPSA) is 81.1 Å². The van der Waals surface area contributed by atoms with Crippen molar-refractivity contribution >= 4 is 40.0 Å². The Balaban J connectivity index is 1.85. The Kier molecular flexibility index (Phi) is 5.36. The Hall–Kier alpha value is -3.00. The lowest BCUT2D eigenvalue weighted by Crippen LogP contribution is -2.36. The largest absolute Gasteiger partial charge is 0.497 e. The van der Waals surface area contributed by atoms with E-state index in [4.69, 9.17) is 17.0 Å². The van der Waals surface area contributed by atoms with Crippen LogP contribution in [0.25, 0.3) is 16.7 Å². The second kappa shape index (κ2) is 7.71. The van der Waals surface area contributed by atoms with E-state index in [2.05, 4.69) is 20.8 Å². The normalized spacial score (nSPS) is 10.9. The summed E-state index contributed by atoms with van der Waals surface area (Å²) < 4.78 is 5.17. The van der Waals surface area contributed by atoms with Crippen LogP contribution in [0.15, 0.2) is 36.4 Å². The standard InChI is InChI=1S/C19H21N5O2S/c1-11(2)18(25)21-19(27)20-15-10-17-16(9-12(15)3)22-24(23-17)13-5-7-14(26-4)8-6-13/h5-11H,1-4H3,(H2,20,21,25,27). The number of methoxy groups -OCH3 is 1. The van der Waals surface area contributed by atoms with Gasteiger partial charge in [-0.2, -0.15) is 4.80 Å². The summed E-state index contributed by atoms with van der Waals surface area (Å²) in [6.45, 7) is 5.57. The van der Waals surface area contributed by atoms with Gasteiger partial charge in [0.2, 0.25) is 5.91 Å². The summed E-state index contributed by atoms with van der Waals surface area (Å²) in [5.74, 6) is 0.504.